The molecule has 3 unspecified atom stereocenters. The van der Waals surface area contributed by atoms with Crippen molar-refractivity contribution in [3.05, 3.63) is 60.3 Å². The maximum Gasteiger partial charge on any atom is 0.357 e. The summed E-state index contributed by atoms with van der Waals surface area (Å²) in [5.41, 5.74) is 2.65. The highest BCUT2D eigenvalue weighted by molar-refractivity contribution is 7.54. The minimum atomic E-state index is -3.42. The molecule has 4 rings (SSSR count). The number of rotatable bonds is 5. The van der Waals surface area contributed by atoms with E-state index in [1.54, 1.807) is 7.11 Å². The largest absolute Gasteiger partial charge is 0.497 e. The number of hydrogen-bond acceptors (Lipinski definition) is 5. The molecule has 0 aliphatic carbocycles. The van der Waals surface area contributed by atoms with Crippen molar-refractivity contribution in [1.82, 2.24) is 4.98 Å². The topological polar surface area (TPSA) is 72.6 Å². The first-order chi connectivity index (χ1) is 13.1. The molecule has 1 aromatic heterocycles. The maximum absolute atomic E-state index is 13.7. The summed E-state index contributed by atoms with van der Waals surface area (Å²) in [4.78, 5) is 3.25. The molecule has 0 amide bonds. The second kappa shape index (κ2) is 7.39. The van der Waals surface area contributed by atoms with Gasteiger partial charge in [-0.3, -0.25) is 4.57 Å². The first-order valence-corrected chi connectivity index (χ1v) is 10.6. The standard InChI is InChI=1S/C20H23N2O4P/c1-14-11-12-25-27(23,26-14)20(22-15-7-9-16(24-2)10-8-15)18-13-21-19-6-4-3-5-17(18)19/h3-10,13-14,20-22H,11-12H2,1-2H3. The van der Waals surface area contributed by atoms with Crippen LogP contribution in [0.3, 0.4) is 0 Å². The van der Waals surface area contributed by atoms with Crippen molar-refractivity contribution in [3.8, 4) is 5.75 Å². The molecule has 2 heterocycles. The van der Waals surface area contributed by atoms with Crippen LogP contribution >= 0.6 is 7.60 Å². The van der Waals surface area contributed by atoms with Gasteiger partial charge in [-0.25, -0.2) is 0 Å². The molecule has 1 aliphatic heterocycles. The Morgan fingerprint density at radius 2 is 2.00 bits per heavy atom. The van der Waals surface area contributed by atoms with Crippen molar-refractivity contribution in [2.75, 3.05) is 19.0 Å². The predicted octanol–water partition coefficient (Wildman–Crippen LogP) is 5.31. The van der Waals surface area contributed by atoms with Gasteiger partial charge in [0.2, 0.25) is 0 Å². The predicted molar refractivity (Wildman–Crippen MR) is 106 cm³/mol. The summed E-state index contributed by atoms with van der Waals surface area (Å²) in [6.07, 6.45) is 2.49. The van der Waals surface area contributed by atoms with E-state index in [4.69, 9.17) is 13.8 Å². The van der Waals surface area contributed by atoms with Gasteiger partial charge in [-0.05, 0) is 43.7 Å². The molecule has 0 saturated carbocycles. The third kappa shape index (κ3) is 3.61. The maximum atomic E-state index is 13.7. The van der Waals surface area contributed by atoms with Crippen LogP contribution < -0.4 is 10.1 Å². The van der Waals surface area contributed by atoms with Crippen LogP contribution in [0.15, 0.2) is 54.7 Å². The van der Waals surface area contributed by atoms with Gasteiger partial charge in [0.1, 0.15) is 5.75 Å². The summed E-state index contributed by atoms with van der Waals surface area (Å²) in [5, 5.41) is 4.36. The average Bonchev–Trinajstić information content (AvgIpc) is 3.10. The van der Waals surface area contributed by atoms with Gasteiger partial charge < -0.3 is 24.1 Å². The molecule has 27 heavy (non-hydrogen) atoms. The summed E-state index contributed by atoms with van der Waals surface area (Å²) in [5.74, 6) is 0.138. The molecule has 6 nitrogen and oxygen atoms in total. The fraction of sp³-hybridized carbons (Fsp3) is 0.300. The van der Waals surface area contributed by atoms with E-state index < -0.39 is 13.4 Å². The molecule has 3 aromatic rings. The lowest BCUT2D eigenvalue weighted by atomic mass is 10.1. The van der Waals surface area contributed by atoms with Crippen LogP contribution in [0, 0.1) is 0 Å². The van der Waals surface area contributed by atoms with E-state index in [-0.39, 0.29) is 6.10 Å². The number of H-pyrrole nitrogens is 1. The second-order valence-corrected chi connectivity index (χ2v) is 8.71. The van der Waals surface area contributed by atoms with Crippen molar-refractivity contribution in [2.24, 2.45) is 0 Å². The fourth-order valence-electron chi connectivity index (χ4n) is 3.31. The zero-order valence-electron chi connectivity index (χ0n) is 15.3. The van der Waals surface area contributed by atoms with Gasteiger partial charge in [-0.15, -0.1) is 0 Å². The lowest BCUT2D eigenvalue weighted by Crippen LogP contribution is -2.23. The Kier molecular flexibility index (Phi) is 4.96. The molecular formula is C20H23N2O4P. The van der Waals surface area contributed by atoms with Gasteiger partial charge in [-0.1, -0.05) is 18.2 Å². The van der Waals surface area contributed by atoms with E-state index in [1.807, 2.05) is 61.7 Å². The molecule has 1 fully saturated rings. The number of ether oxygens (including phenoxy) is 1. The minimum absolute atomic E-state index is 0.116. The molecule has 0 spiro atoms. The van der Waals surface area contributed by atoms with E-state index in [9.17, 15) is 4.57 Å². The first kappa shape index (κ1) is 18.1. The Morgan fingerprint density at radius 3 is 2.74 bits per heavy atom. The van der Waals surface area contributed by atoms with Crippen LogP contribution in [-0.4, -0.2) is 24.8 Å². The lowest BCUT2D eigenvalue weighted by Gasteiger charge is -2.33. The molecule has 0 radical (unpaired) electrons. The fourth-order valence-corrected chi connectivity index (χ4v) is 5.47. The van der Waals surface area contributed by atoms with Gasteiger partial charge in [0.15, 0.2) is 5.78 Å². The summed E-state index contributed by atoms with van der Waals surface area (Å²) in [7, 11) is -1.79. The zero-order valence-corrected chi connectivity index (χ0v) is 16.2. The van der Waals surface area contributed by atoms with E-state index in [2.05, 4.69) is 10.3 Å². The Labute approximate surface area is 158 Å². The van der Waals surface area contributed by atoms with E-state index >= 15 is 0 Å². The molecular weight excluding hydrogens is 363 g/mol. The van der Waals surface area contributed by atoms with Crippen LogP contribution in [0.25, 0.3) is 10.9 Å². The number of hydrogen-bond donors (Lipinski definition) is 2. The highest BCUT2D eigenvalue weighted by Crippen LogP contribution is 2.64. The Morgan fingerprint density at radius 1 is 1.22 bits per heavy atom. The number of anilines is 1. The lowest BCUT2D eigenvalue weighted by molar-refractivity contribution is 0.0888. The number of aromatic nitrogens is 1. The molecule has 7 heteroatoms. The molecule has 0 bridgehead atoms. The molecule has 1 aliphatic rings. The molecule has 1 saturated heterocycles. The van der Waals surface area contributed by atoms with Crippen LogP contribution in [0.1, 0.15) is 24.7 Å². The number of aromatic amines is 1. The van der Waals surface area contributed by atoms with Crippen LogP contribution in [0.4, 0.5) is 5.69 Å². The summed E-state index contributed by atoms with van der Waals surface area (Å²) in [6.45, 7) is 2.34. The molecule has 2 N–H and O–H groups in total. The molecule has 142 valence electrons. The highest BCUT2D eigenvalue weighted by Gasteiger charge is 2.42. The average molecular weight is 386 g/mol. The van der Waals surface area contributed by atoms with Crippen molar-refractivity contribution < 1.29 is 18.3 Å². The summed E-state index contributed by atoms with van der Waals surface area (Å²) in [6, 6.07) is 15.4. The number of nitrogens with one attached hydrogen (secondary N) is 2. The van der Waals surface area contributed by atoms with Crippen molar-refractivity contribution in [3.63, 3.8) is 0 Å². The summed E-state index contributed by atoms with van der Waals surface area (Å²) >= 11 is 0. The Balaban J connectivity index is 1.76. The van der Waals surface area contributed by atoms with E-state index in [0.29, 0.717) is 6.61 Å². The van der Waals surface area contributed by atoms with Gasteiger partial charge in [0.05, 0.1) is 19.8 Å². The number of fused-ring (bicyclic) bond motifs is 1. The van der Waals surface area contributed by atoms with Gasteiger partial charge >= 0.3 is 7.60 Å². The summed E-state index contributed by atoms with van der Waals surface area (Å²) < 4.78 is 30.5. The van der Waals surface area contributed by atoms with E-state index in [1.165, 1.54) is 0 Å². The van der Waals surface area contributed by atoms with Crippen molar-refractivity contribution >= 4 is 24.2 Å². The number of benzene rings is 2. The van der Waals surface area contributed by atoms with Crippen molar-refractivity contribution in [2.45, 2.75) is 25.2 Å². The number of para-hydroxylation sites is 1. The van der Waals surface area contributed by atoms with Crippen LogP contribution in [-0.2, 0) is 13.6 Å². The monoisotopic (exact) mass is 386 g/mol. The normalized spacial score (nSPS) is 23.9. The zero-order chi connectivity index (χ0) is 18.9. The first-order valence-electron chi connectivity index (χ1n) is 8.98. The van der Waals surface area contributed by atoms with Crippen LogP contribution in [0.2, 0.25) is 0 Å². The second-order valence-electron chi connectivity index (χ2n) is 6.64. The van der Waals surface area contributed by atoms with Gasteiger partial charge in [0.25, 0.3) is 0 Å². The quantitative estimate of drug-likeness (QED) is 0.582. The van der Waals surface area contributed by atoms with Gasteiger partial charge in [0, 0.05) is 28.4 Å². The van der Waals surface area contributed by atoms with Crippen LogP contribution in [0.5, 0.6) is 5.75 Å². The smallest absolute Gasteiger partial charge is 0.357 e. The third-order valence-electron chi connectivity index (χ3n) is 4.75. The number of methoxy groups -OCH3 is 1. The highest BCUT2D eigenvalue weighted by atomic mass is 31.2. The SMILES string of the molecule is COc1ccc(NC(c2c[nH]c3ccccc23)P2(=O)OCCC(C)O2)cc1. The molecule has 2 aromatic carbocycles. The van der Waals surface area contributed by atoms with E-state index in [0.717, 1.165) is 34.3 Å². The van der Waals surface area contributed by atoms with Crippen molar-refractivity contribution in [1.29, 1.82) is 0 Å². The molecule has 3 atom stereocenters. The Hall–Kier alpha value is -2.27. The van der Waals surface area contributed by atoms with Gasteiger partial charge in [-0.2, -0.15) is 0 Å². The third-order valence-corrected chi connectivity index (χ3v) is 6.98. The minimum Gasteiger partial charge on any atom is -0.497 e. The Bertz CT molecular complexity index is 970.